The lowest BCUT2D eigenvalue weighted by Crippen LogP contribution is -2.30. The van der Waals surface area contributed by atoms with Crippen molar-refractivity contribution in [2.24, 2.45) is 5.92 Å². The molecule has 0 unspecified atom stereocenters. The van der Waals surface area contributed by atoms with Gasteiger partial charge in [-0.3, -0.25) is 9.59 Å². The summed E-state index contributed by atoms with van der Waals surface area (Å²) in [6.07, 6.45) is -0.000973. The lowest BCUT2D eigenvalue weighted by Gasteiger charge is -2.16. The molecule has 0 saturated carbocycles. The van der Waals surface area contributed by atoms with Crippen LogP contribution in [0.15, 0.2) is 47.4 Å². The molecule has 8 nitrogen and oxygen atoms in total. The van der Waals surface area contributed by atoms with Crippen molar-refractivity contribution in [1.82, 2.24) is 0 Å². The Morgan fingerprint density at radius 3 is 2.00 bits per heavy atom. The Labute approximate surface area is 182 Å². The molecule has 0 bridgehead atoms. The lowest BCUT2D eigenvalue weighted by molar-refractivity contribution is -0.161. The van der Waals surface area contributed by atoms with Crippen molar-refractivity contribution >= 4 is 22.1 Å². The van der Waals surface area contributed by atoms with Crippen LogP contribution >= 0.6 is 0 Å². The molecule has 31 heavy (non-hydrogen) atoms. The number of methoxy groups -OCH3 is 1. The Hall–Kier alpha value is -3.07. The van der Waals surface area contributed by atoms with Crippen LogP contribution < -0.4 is 8.92 Å². The average molecular weight is 451 g/mol. The van der Waals surface area contributed by atoms with Crippen LogP contribution in [0.5, 0.6) is 11.5 Å². The SMILES string of the molecule is CCOC(=O)C(Cc1ccc(OS(=O)(=O)c2ccc(C)cc2)c(OC)c1)C(=O)OCC. The number of hydrogen-bond donors (Lipinski definition) is 0. The van der Waals surface area contributed by atoms with E-state index in [2.05, 4.69) is 0 Å². The summed E-state index contributed by atoms with van der Waals surface area (Å²) >= 11 is 0. The largest absolute Gasteiger partial charge is 0.493 e. The minimum absolute atomic E-state index is 0.000973. The molecule has 2 rings (SSSR count). The van der Waals surface area contributed by atoms with Crippen LogP contribution in [0, 0.1) is 12.8 Å². The van der Waals surface area contributed by atoms with E-state index in [1.165, 1.54) is 31.4 Å². The quantitative estimate of drug-likeness (QED) is 0.309. The minimum Gasteiger partial charge on any atom is -0.493 e. The summed E-state index contributed by atoms with van der Waals surface area (Å²) in [5.74, 6) is -2.41. The summed E-state index contributed by atoms with van der Waals surface area (Å²) < 4.78 is 45.6. The maximum absolute atomic E-state index is 12.6. The molecule has 0 spiro atoms. The van der Waals surface area contributed by atoms with E-state index in [1.54, 1.807) is 32.0 Å². The molecule has 0 N–H and O–H groups in total. The van der Waals surface area contributed by atoms with Gasteiger partial charge in [-0.25, -0.2) is 0 Å². The van der Waals surface area contributed by atoms with Crippen molar-refractivity contribution in [2.75, 3.05) is 20.3 Å². The summed E-state index contributed by atoms with van der Waals surface area (Å²) in [6, 6.07) is 10.7. The summed E-state index contributed by atoms with van der Waals surface area (Å²) in [5.41, 5.74) is 1.46. The summed E-state index contributed by atoms with van der Waals surface area (Å²) in [6.45, 7) is 5.38. The van der Waals surface area contributed by atoms with Gasteiger partial charge in [-0.15, -0.1) is 0 Å². The monoisotopic (exact) mass is 450 g/mol. The molecule has 0 aliphatic carbocycles. The third-order valence-electron chi connectivity index (χ3n) is 4.32. The van der Waals surface area contributed by atoms with E-state index in [-0.39, 0.29) is 36.0 Å². The second kappa shape index (κ2) is 10.8. The Bertz CT molecular complexity index is 994. The maximum Gasteiger partial charge on any atom is 0.339 e. The van der Waals surface area contributed by atoms with Gasteiger partial charge >= 0.3 is 22.1 Å². The Morgan fingerprint density at radius 2 is 1.48 bits per heavy atom. The van der Waals surface area contributed by atoms with Gasteiger partial charge in [-0.1, -0.05) is 23.8 Å². The molecule has 0 heterocycles. The van der Waals surface area contributed by atoms with Gasteiger partial charge in [0, 0.05) is 0 Å². The van der Waals surface area contributed by atoms with Crippen LogP contribution in [-0.4, -0.2) is 40.7 Å². The number of benzene rings is 2. The van der Waals surface area contributed by atoms with Crippen LogP contribution in [-0.2, 0) is 35.6 Å². The zero-order valence-corrected chi connectivity index (χ0v) is 18.7. The number of ether oxygens (including phenoxy) is 3. The third kappa shape index (κ3) is 6.45. The molecule has 0 aliphatic heterocycles. The molecule has 2 aromatic carbocycles. The molecule has 0 saturated heterocycles. The standard InChI is InChI=1S/C22H26O8S/c1-5-28-21(23)18(22(24)29-6-2)13-16-9-12-19(20(14-16)27-4)30-31(25,26)17-10-7-15(3)8-11-17/h7-12,14,18H,5-6,13H2,1-4H3. The number of aryl methyl sites for hydroxylation is 1. The van der Waals surface area contributed by atoms with Crippen molar-refractivity contribution in [2.45, 2.75) is 32.1 Å². The highest BCUT2D eigenvalue weighted by Crippen LogP contribution is 2.32. The van der Waals surface area contributed by atoms with Crippen LogP contribution in [0.3, 0.4) is 0 Å². The number of carbonyl (C=O) groups excluding carboxylic acids is 2. The average Bonchev–Trinajstić information content (AvgIpc) is 2.73. The highest BCUT2D eigenvalue weighted by molar-refractivity contribution is 7.87. The van der Waals surface area contributed by atoms with Gasteiger partial charge in [0.25, 0.3) is 0 Å². The Balaban J connectivity index is 2.28. The van der Waals surface area contributed by atoms with E-state index in [0.717, 1.165) is 5.56 Å². The van der Waals surface area contributed by atoms with Crippen LogP contribution in [0.2, 0.25) is 0 Å². The molecule has 2 aromatic rings. The number of carbonyl (C=O) groups is 2. The molecule has 0 aliphatic rings. The van der Waals surface area contributed by atoms with E-state index in [9.17, 15) is 18.0 Å². The summed E-state index contributed by atoms with van der Waals surface area (Å²) in [7, 11) is -2.71. The Kier molecular flexibility index (Phi) is 8.44. The predicted octanol–water partition coefficient (Wildman–Crippen LogP) is 3.06. The topological polar surface area (TPSA) is 105 Å². The molecule has 0 radical (unpaired) electrons. The van der Waals surface area contributed by atoms with Crippen LogP contribution in [0.1, 0.15) is 25.0 Å². The van der Waals surface area contributed by atoms with Crippen molar-refractivity contribution in [3.63, 3.8) is 0 Å². The van der Waals surface area contributed by atoms with E-state index in [4.69, 9.17) is 18.4 Å². The van der Waals surface area contributed by atoms with Gasteiger partial charge in [0.15, 0.2) is 17.4 Å². The minimum atomic E-state index is -4.07. The third-order valence-corrected chi connectivity index (χ3v) is 5.57. The molecular weight excluding hydrogens is 424 g/mol. The highest BCUT2D eigenvalue weighted by Gasteiger charge is 2.30. The van der Waals surface area contributed by atoms with Gasteiger partial charge in [0.2, 0.25) is 0 Å². The first-order chi connectivity index (χ1) is 14.7. The van der Waals surface area contributed by atoms with Crippen molar-refractivity contribution in [3.05, 3.63) is 53.6 Å². The second-order valence-electron chi connectivity index (χ2n) is 6.60. The molecule has 9 heteroatoms. The van der Waals surface area contributed by atoms with Crippen molar-refractivity contribution < 1.29 is 36.4 Å². The first-order valence-corrected chi connectivity index (χ1v) is 11.1. The van der Waals surface area contributed by atoms with Gasteiger partial charge in [-0.05, 0) is 57.0 Å². The number of hydrogen-bond acceptors (Lipinski definition) is 8. The summed E-state index contributed by atoms with van der Waals surface area (Å²) in [4.78, 5) is 24.4. The smallest absolute Gasteiger partial charge is 0.339 e. The normalized spacial score (nSPS) is 11.1. The molecule has 0 fully saturated rings. The van der Waals surface area contributed by atoms with Gasteiger partial charge in [0.1, 0.15) is 4.90 Å². The van der Waals surface area contributed by atoms with E-state index in [1.807, 2.05) is 6.92 Å². The summed E-state index contributed by atoms with van der Waals surface area (Å²) in [5, 5.41) is 0. The molecule has 0 aromatic heterocycles. The highest BCUT2D eigenvalue weighted by atomic mass is 32.2. The maximum atomic E-state index is 12.6. The molecular formula is C22H26O8S. The predicted molar refractivity (Wildman–Crippen MR) is 112 cm³/mol. The van der Waals surface area contributed by atoms with E-state index < -0.39 is 28.0 Å². The lowest BCUT2D eigenvalue weighted by atomic mass is 9.99. The van der Waals surface area contributed by atoms with Crippen molar-refractivity contribution in [1.29, 1.82) is 0 Å². The fourth-order valence-electron chi connectivity index (χ4n) is 2.76. The first-order valence-electron chi connectivity index (χ1n) is 9.73. The number of esters is 2. The van der Waals surface area contributed by atoms with E-state index in [0.29, 0.717) is 5.56 Å². The van der Waals surface area contributed by atoms with Gasteiger partial charge in [-0.2, -0.15) is 8.42 Å². The number of rotatable bonds is 10. The van der Waals surface area contributed by atoms with Crippen molar-refractivity contribution in [3.8, 4) is 11.5 Å². The fraction of sp³-hybridized carbons (Fsp3) is 0.364. The zero-order valence-electron chi connectivity index (χ0n) is 17.9. The van der Waals surface area contributed by atoms with Gasteiger partial charge in [0.05, 0.1) is 20.3 Å². The zero-order chi connectivity index (χ0) is 23.0. The van der Waals surface area contributed by atoms with E-state index >= 15 is 0 Å². The Morgan fingerprint density at radius 1 is 0.903 bits per heavy atom. The first kappa shape index (κ1) is 24.2. The second-order valence-corrected chi connectivity index (χ2v) is 8.14. The van der Waals surface area contributed by atoms with Crippen LogP contribution in [0.25, 0.3) is 0 Å². The van der Waals surface area contributed by atoms with Gasteiger partial charge < -0.3 is 18.4 Å². The molecule has 0 amide bonds. The fourth-order valence-corrected chi connectivity index (χ4v) is 3.70. The molecule has 0 atom stereocenters. The molecule has 168 valence electrons. The van der Waals surface area contributed by atoms with Crippen LogP contribution in [0.4, 0.5) is 0 Å².